The predicted octanol–water partition coefficient (Wildman–Crippen LogP) is 6.41. The third-order valence-corrected chi connectivity index (χ3v) is 6.57. The van der Waals surface area contributed by atoms with Crippen molar-refractivity contribution in [2.24, 2.45) is 0 Å². The Hall–Kier alpha value is -2.65. The minimum absolute atomic E-state index is 0.116. The van der Waals surface area contributed by atoms with Crippen molar-refractivity contribution in [1.82, 2.24) is 10.4 Å². The number of hydrazine groups is 1. The maximum atomic E-state index is 13.5. The third-order valence-electron chi connectivity index (χ3n) is 6.57. The van der Waals surface area contributed by atoms with Gasteiger partial charge in [-0.25, -0.2) is 5.01 Å². The van der Waals surface area contributed by atoms with E-state index >= 15 is 0 Å². The van der Waals surface area contributed by atoms with Gasteiger partial charge < -0.3 is 0 Å². The second-order valence-corrected chi connectivity index (χ2v) is 8.79. The fraction of sp³-hybridized carbons (Fsp3) is 0.393. The number of nitrogens with zero attached hydrogens (tertiary/aromatic N) is 1. The van der Waals surface area contributed by atoms with Gasteiger partial charge >= 0.3 is 0 Å². The summed E-state index contributed by atoms with van der Waals surface area (Å²) in [7, 11) is 0. The molecule has 0 bridgehead atoms. The van der Waals surface area contributed by atoms with Gasteiger partial charge in [0.15, 0.2) is 0 Å². The van der Waals surface area contributed by atoms with Gasteiger partial charge in [0.25, 0.3) is 0 Å². The van der Waals surface area contributed by atoms with Crippen LogP contribution in [0.15, 0.2) is 72.8 Å². The molecule has 1 heterocycles. The molecule has 3 heteroatoms. The molecule has 4 rings (SSSR count). The fourth-order valence-electron chi connectivity index (χ4n) is 4.89. The van der Waals surface area contributed by atoms with Gasteiger partial charge in [0, 0.05) is 13.1 Å². The number of nitrogens with one attached hydrogen (secondary N) is 1. The summed E-state index contributed by atoms with van der Waals surface area (Å²) in [6, 6.07) is 25.5. The summed E-state index contributed by atoms with van der Waals surface area (Å²) in [4.78, 5) is 13.5. The monoisotopic (exact) mass is 414 g/mol. The second-order valence-electron chi connectivity index (χ2n) is 8.79. The molecule has 1 N–H and O–H groups in total. The number of hydrogen-bond donors (Lipinski definition) is 1. The number of hydrogen-bond acceptors (Lipinski definition) is 2. The number of rotatable bonds is 8. The molecule has 3 nitrogen and oxygen atoms in total. The van der Waals surface area contributed by atoms with E-state index in [0.717, 1.165) is 50.8 Å². The fourth-order valence-corrected chi connectivity index (χ4v) is 4.89. The van der Waals surface area contributed by atoms with Crippen LogP contribution in [0.5, 0.6) is 0 Å². The smallest absolute Gasteiger partial charge is 0.241 e. The third kappa shape index (κ3) is 5.34. The highest BCUT2D eigenvalue weighted by Crippen LogP contribution is 2.31. The van der Waals surface area contributed by atoms with Crippen molar-refractivity contribution < 1.29 is 4.79 Å². The van der Waals surface area contributed by atoms with Crippen LogP contribution in [0.2, 0.25) is 0 Å². The summed E-state index contributed by atoms with van der Waals surface area (Å²) in [5.74, 6) is 0.502. The van der Waals surface area contributed by atoms with Crippen LogP contribution in [0, 0.1) is 0 Å². The zero-order chi connectivity index (χ0) is 21.5. The number of benzene rings is 3. The topological polar surface area (TPSA) is 32.3 Å². The van der Waals surface area contributed by atoms with Crippen molar-refractivity contribution in [3.63, 3.8) is 0 Å². The first-order valence-corrected chi connectivity index (χ1v) is 11.8. The summed E-state index contributed by atoms with van der Waals surface area (Å²) >= 11 is 0. The van der Waals surface area contributed by atoms with Crippen LogP contribution in [-0.2, 0) is 4.79 Å². The maximum Gasteiger partial charge on any atom is 0.241 e. The highest BCUT2D eigenvalue weighted by atomic mass is 16.2. The Kier molecular flexibility index (Phi) is 7.37. The van der Waals surface area contributed by atoms with Crippen LogP contribution in [-0.4, -0.2) is 24.0 Å². The molecule has 31 heavy (non-hydrogen) atoms. The van der Waals surface area contributed by atoms with Crippen molar-refractivity contribution in [3.8, 4) is 0 Å². The second kappa shape index (κ2) is 10.6. The molecule has 0 radical (unpaired) electrons. The number of carbonyl (C=O) groups is 1. The Balaban J connectivity index is 1.52. The largest absolute Gasteiger partial charge is 0.288 e. The van der Waals surface area contributed by atoms with E-state index in [2.05, 4.69) is 90.2 Å². The Bertz CT molecular complexity index is 979. The van der Waals surface area contributed by atoms with Gasteiger partial charge in [-0.3, -0.25) is 10.2 Å². The van der Waals surface area contributed by atoms with Gasteiger partial charge in [0.1, 0.15) is 0 Å². The maximum absolute atomic E-state index is 13.5. The van der Waals surface area contributed by atoms with E-state index in [-0.39, 0.29) is 11.8 Å². The lowest BCUT2D eigenvalue weighted by atomic mass is 9.88. The predicted molar refractivity (Wildman–Crippen MR) is 129 cm³/mol. The lowest BCUT2D eigenvalue weighted by Crippen LogP contribution is -2.48. The Morgan fingerprint density at radius 2 is 1.77 bits per heavy atom. The lowest BCUT2D eigenvalue weighted by molar-refractivity contribution is -0.128. The normalized spacial score (nSPS) is 18.0. The van der Waals surface area contributed by atoms with Gasteiger partial charge in [0.2, 0.25) is 5.91 Å². The van der Waals surface area contributed by atoms with E-state index in [1.54, 1.807) is 0 Å². The first kappa shape index (κ1) is 21.6. The van der Waals surface area contributed by atoms with E-state index < -0.39 is 0 Å². The summed E-state index contributed by atoms with van der Waals surface area (Å²) in [5, 5.41) is 4.56. The molecule has 0 spiro atoms. The summed E-state index contributed by atoms with van der Waals surface area (Å²) < 4.78 is 0. The van der Waals surface area contributed by atoms with Gasteiger partial charge in [-0.2, -0.15) is 0 Å². The van der Waals surface area contributed by atoms with E-state index in [1.165, 1.54) is 22.8 Å². The quantitative estimate of drug-likeness (QED) is 0.432. The van der Waals surface area contributed by atoms with Crippen molar-refractivity contribution >= 4 is 16.7 Å². The molecule has 3 aromatic carbocycles. The van der Waals surface area contributed by atoms with Crippen LogP contribution < -0.4 is 5.43 Å². The Labute approximate surface area is 186 Å². The van der Waals surface area contributed by atoms with Gasteiger partial charge in [-0.1, -0.05) is 99.0 Å². The minimum Gasteiger partial charge on any atom is -0.288 e. The van der Waals surface area contributed by atoms with E-state index in [4.69, 9.17) is 0 Å². The van der Waals surface area contributed by atoms with Gasteiger partial charge in [-0.15, -0.1) is 0 Å². The summed E-state index contributed by atoms with van der Waals surface area (Å²) in [5.41, 5.74) is 5.83. The highest BCUT2D eigenvalue weighted by Gasteiger charge is 2.27. The molecule has 162 valence electrons. The highest BCUT2D eigenvalue weighted by molar-refractivity contribution is 5.92. The molecule has 1 aliphatic heterocycles. The molecule has 0 aromatic heterocycles. The van der Waals surface area contributed by atoms with Crippen LogP contribution in [0.3, 0.4) is 0 Å². The number of piperidine rings is 1. The molecule has 0 saturated carbocycles. The number of amides is 1. The molecule has 3 aromatic rings. The van der Waals surface area contributed by atoms with Crippen LogP contribution in [0.25, 0.3) is 10.8 Å². The van der Waals surface area contributed by atoms with Gasteiger partial charge in [0.05, 0.1) is 5.92 Å². The SMILES string of the molecule is CCCCCC(C(=O)NN1CCCC(c2ccccc2)C1)c1cccc2ccccc12. The molecule has 1 fully saturated rings. The van der Waals surface area contributed by atoms with Crippen molar-refractivity contribution in [3.05, 3.63) is 83.9 Å². The van der Waals surface area contributed by atoms with Crippen molar-refractivity contribution in [1.29, 1.82) is 0 Å². The molecule has 2 atom stereocenters. The molecular weight excluding hydrogens is 380 g/mol. The molecular formula is C28H34N2O. The first-order valence-electron chi connectivity index (χ1n) is 11.8. The number of fused-ring (bicyclic) bond motifs is 1. The minimum atomic E-state index is -0.116. The van der Waals surface area contributed by atoms with Crippen molar-refractivity contribution in [2.75, 3.05) is 13.1 Å². The summed E-state index contributed by atoms with van der Waals surface area (Å²) in [6.45, 7) is 4.02. The summed E-state index contributed by atoms with van der Waals surface area (Å²) in [6.07, 6.45) is 6.57. The van der Waals surface area contributed by atoms with Crippen molar-refractivity contribution in [2.45, 2.75) is 57.3 Å². The van der Waals surface area contributed by atoms with E-state index in [0.29, 0.717) is 5.92 Å². The molecule has 2 unspecified atom stereocenters. The number of carbonyl (C=O) groups excluding carboxylic acids is 1. The van der Waals surface area contributed by atoms with E-state index in [1.807, 2.05) is 0 Å². The average Bonchev–Trinajstić information content (AvgIpc) is 2.82. The molecule has 1 saturated heterocycles. The van der Waals surface area contributed by atoms with E-state index in [9.17, 15) is 4.79 Å². The first-order chi connectivity index (χ1) is 15.3. The standard InChI is InChI=1S/C28H34N2O/c1-2-3-5-18-27(26-19-10-15-23-14-8-9-17-25(23)26)28(31)29-30-20-11-16-24(21-30)22-12-6-4-7-13-22/h4,6-10,12-15,17,19,24,27H,2-3,5,11,16,18,20-21H2,1H3,(H,29,31). The molecule has 1 amide bonds. The zero-order valence-electron chi connectivity index (χ0n) is 18.6. The molecule has 0 aliphatic carbocycles. The molecule has 1 aliphatic rings. The Morgan fingerprint density at radius 1 is 1.00 bits per heavy atom. The van der Waals surface area contributed by atoms with Gasteiger partial charge in [-0.05, 0) is 47.1 Å². The van der Waals surface area contributed by atoms with Crippen LogP contribution in [0.4, 0.5) is 0 Å². The lowest BCUT2D eigenvalue weighted by Gasteiger charge is -2.34. The number of unbranched alkanes of at least 4 members (excludes halogenated alkanes) is 2. The van der Waals surface area contributed by atoms with Crippen LogP contribution in [0.1, 0.15) is 68.4 Å². The zero-order valence-corrected chi connectivity index (χ0v) is 18.6. The Morgan fingerprint density at radius 3 is 2.61 bits per heavy atom. The van der Waals surface area contributed by atoms with Crippen LogP contribution >= 0.6 is 0 Å². The average molecular weight is 415 g/mol.